The lowest BCUT2D eigenvalue weighted by atomic mass is 10.1. The smallest absolute Gasteiger partial charge is 0.240 e. The maximum atomic E-state index is 11.9. The van der Waals surface area contributed by atoms with Gasteiger partial charge in [0.1, 0.15) is 18.0 Å². The standard InChI is InChI=1S/C19H21N5O2S/c1-13-7-14(2)9-16(8-13)24-19-11-18(21-12-22-19)23-15-5-4-6-17(10-15)27(25,26)20-3/h4-12,20H,1-3H3,(H2,21,22,23,24). The monoisotopic (exact) mass is 383 g/mol. The lowest BCUT2D eigenvalue weighted by Crippen LogP contribution is -2.18. The van der Waals surface area contributed by atoms with Crippen molar-refractivity contribution in [3.8, 4) is 0 Å². The minimum Gasteiger partial charge on any atom is -0.340 e. The number of sulfonamides is 1. The highest BCUT2D eigenvalue weighted by Gasteiger charge is 2.11. The van der Waals surface area contributed by atoms with Gasteiger partial charge in [0.2, 0.25) is 10.0 Å². The topological polar surface area (TPSA) is 96.0 Å². The van der Waals surface area contributed by atoms with E-state index in [-0.39, 0.29) is 4.90 Å². The van der Waals surface area contributed by atoms with Crippen LogP contribution in [0.2, 0.25) is 0 Å². The Hall–Kier alpha value is -2.97. The minimum atomic E-state index is -3.51. The summed E-state index contributed by atoms with van der Waals surface area (Å²) in [5, 5.41) is 6.37. The second kappa shape index (κ2) is 7.73. The van der Waals surface area contributed by atoms with Gasteiger partial charge in [-0.25, -0.2) is 23.1 Å². The zero-order chi connectivity index (χ0) is 19.4. The lowest BCUT2D eigenvalue weighted by molar-refractivity contribution is 0.588. The Morgan fingerprint density at radius 1 is 0.815 bits per heavy atom. The molecule has 0 fully saturated rings. The molecule has 140 valence electrons. The Labute approximate surface area is 158 Å². The summed E-state index contributed by atoms with van der Waals surface area (Å²) in [4.78, 5) is 8.61. The van der Waals surface area contributed by atoms with Crippen LogP contribution in [0.1, 0.15) is 11.1 Å². The average molecular weight is 383 g/mol. The molecule has 0 amide bonds. The number of aromatic nitrogens is 2. The molecule has 0 aliphatic carbocycles. The number of nitrogens with one attached hydrogen (secondary N) is 3. The number of aryl methyl sites for hydroxylation is 2. The Kier molecular flexibility index (Phi) is 5.38. The van der Waals surface area contributed by atoms with Crippen LogP contribution in [0.5, 0.6) is 0 Å². The van der Waals surface area contributed by atoms with Crippen LogP contribution < -0.4 is 15.4 Å². The molecule has 2 aromatic carbocycles. The zero-order valence-electron chi connectivity index (χ0n) is 15.3. The van der Waals surface area contributed by atoms with Gasteiger partial charge in [0.15, 0.2) is 0 Å². The van der Waals surface area contributed by atoms with Gasteiger partial charge in [0.25, 0.3) is 0 Å². The summed E-state index contributed by atoms with van der Waals surface area (Å²) >= 11 is 0. The number of nitrogens with zero attached hydrogens (tertiary/aromatic N) is 2. The van der Waals surface area contributed by atoms with Crippen LogP contribution >= 0.6 is 0 Å². The first-order valence-electron chi connectivity index (χ1n) is 8.34. The van der Waals surface area contributed by atoms with E-state index in [1.807, 2.05) is 26.0 Å². The molecular formula is C19H21N5O2S. The average Bonchev–Trinajstić information content (AvgIpc) is 2.61. The van der Waals surface area contributed by atoms with E-state index in [9.17, 15) is 8.42 Å². The van der Waals surface area contributed by atoms with Gasteiger partial charge >= 0.3 is 0 Å². The fourth-order valence-corrected chi connectivity index (χ4v) is 3.47. The summed E-state index contributed by atoms with van der Waals surface area (Å²) in [6, 6.07) is 14.5. The molecule has 1 heterocycles. The predicted octanol–water partition coefficient (Wildman–Crippen LogP) is 3.49. The van der Waals surface area contributed by atoms with Gasteiger partial charge in [-0.1, -0.05) is 12.1 Å². The van der Waals surface area contributed by atoms with E-state index >= 15 is 0 Å². The first-order chi connectivity index (χ1) is 12.9. The summed E-state index contributed by atoms with van der Waals surface area (Å²) in [7, 11) is -2.13. The Bertz CT molecular complexity index is 1050. The van der Waals surface area contributed by atoms with Crippen molar-refractivity contribution in [2.45, 2.75) is 18.7 Å². The Morgan fingerprint density at radius 2 is 1.44 bits per heavy atom. The van der Waals surface area contributed by atoms with E-state index in [2.05, 4.69) is 31.4 Å². The van der Waals surface area contributed by atoms with E-state index in [0.29, 0.717) is 17.3 Å². The van der Waals surface area contributed by atoms with Crippen LogP contribution in [0, 0.1) is 13.8 Å². The van der Waals surface area contributed by atoms with Crippen molar-refractivity contribution < 1.29 is 8.42 Å². The molecule has 3 N–H and O–H groups in total. The van der Waals surface area contributed by atoms with Gasteiger partial charge in [-0.2, -0.15) is 0 Å². The second-order valence-electron chi connectivity index (χ2n) is 6.15. The summed E-state index contributed by atoms with van der Waals surface area (Å²) in [6.45, 7) is 4.08. The van der Waals surface area contributed by atoms with Crippen LogP contribution in [0.25, 0.3) is 0 Å². The maximum absolute atomic E-state index is 11.9. The van der Waals surface area contributed by atoms with Crippen LogP contribution in [-0.2, 0) is 10.0 Å². The van der Waals surface area contributed by atoms with Crippen LogP contribution in [-0.4, -0.2) is 25.4 Å². The highest BCUT2D eigenvalue weighted by Crippen LogP contribution is 2.22. The predicted molar refractivity (Wildman–Crippen MR) is 107 cm³/mol. The molecule has 0 radical (unpaired) electrons. The molecule has 0 atom stereocenters. The van der Waals surface area contributed by atoms with Crippen LogP contribution in [0.4, 0.5) is 23.0 Å². The SMILES string of the molecule is CNS(=O)(=O)c1cccc(Nc2cc(Nc3cc(C)cc(C)c3)ncn2)c1. The van der Waals surface area contributed by atoms with Crippen LogP contribution in [0.15, 0.2) is 59.8 Å². The molecule has 3 rings (SSSR count). The van der Waals surface area contributed by atoms with Crippen molar-refractivity contribution in [2.24, 2.45) is 0 Å². The maximum Gasteiger partial charge on any atom is 0.240 e. The number of hydrogen-bond acceptors (Lipinski definition) is 6. The van der Waals surface area contributed by atoms with E-state index < -0.39 is 10.0 Å². The highest BCUT2D eigenvalue weighted by atomic mass is 32.2. The van der Waals surface area contributed by atoms with Crippen LogP contribution in [0.3, 0.4) is 0 Å². The van der Waals surface area contributed by atoms with Crippen molar-refractivity contribution in [3.63, 3.8) is 0 Å². The lowest BCUT2D eigenvalue weighted by Gasteiger charge is -2.11. The number of benzene rings is 2. The quantitative estimate of drug-likeness (QED) is 0.603. The van der Waals surface area contributed by atoms with Crippen molar-refractivity contribution in [1.82, 2.24) is 14.7 Å². The molecular weight excluding hydrogens is 362 g/mol. The molecule has 0 aliphatic rings. The van der Waals surface area contributed by atoms with Gasteiger partial charge in [0, 0.05) is 17.4 Å². The highest BCUT2D eigenvalue weighted by molar-refractivity contribution is 7.89. The largest absolute Gasteiger partial charge is 0.340 e. The van der Waals surface area contributed by atoms with Crippen molar-refractivity contribution in [3.05, 3.63) is 66.0 Å². The fraction of sp³-hybridized carbons (Fsp3) is 0.158. The molecule has 0 unspecified atom stereocenters. The zero-order valence-corrected chi connectivity index (χ0v) is 16.1. The second-order valence-corrected chi connectivity index (χ2v) is 8.04. The van der Waals surface area contributed by atoms with Gasteiger partial charge in [0.05, 0.1) is 4.90 Å². The number of rotatable bonds is 6. The van der Waals surface area contributed by atoms with Gasteiger partial charge in [-0.05, 0) is 62.4 Å². The molecule has 3 aromatic rings. The van der Waals surface area contributed by atoms with E-state index in [1.54, 1.807) is 24.3 Å². The minimum absolute atomic E-state index is 0.178. The van der Waals surface area contributed by atoms with Crippen molar-refractivity contribution >= 4 is 33.0 Å². The van der Waals surface area contributed by atoms with E-state index in [0.717, 1.165) is 16.8 Å². The molecule has 7 nitrogen and oxygen atoms in total. The molecule has 0 spiro atoms. The molecule has 0 saturated heterocycles. The third-order valence-electron chi connectivity index (χ3n) is 3.85. The number of anilines is 4. The van der Waals surface area contributed by atoms with E-state index in [1.165, 1.54) is 19.4 Å². The first kappa shape index (κ1) is 18.8. The molecule has 0 saturated carbocycles. The van der Waals surface area contributed by atoms with Gasteiger partial charge in [-0.15, -0.1) is 0 Å². The summed E-state index contributed by atoms with van der Waals surface area (Å²) in [6.07, 6.45) is 1.45. The third-order valence-corrected chi connectivity index (χ3v) is 5.26. The molecule has 0 bridgehead atoms. The Balaban J connectivity index is 1.81. The molecule has 8 heteroatoms. The summed E-state index contributed by atoms with van der Waals surface area (Å²) in [5.74, 6) is 1.19. The Morgan fingerprint density at radius 3 is 2.07 bits per heavy atom. The normalized spacial score (nSPS) is 11.2. The van der Waals surface area contributed by atoms with Gasteiger partial charge < -0.3 is 10.6 Å². The first-order valence-corrected chi connectivity index (χ1v) is 9.82. The van der Waals surface area contributed by atoms with Crippen molar-refractivity contribution in [2.75, 3.05) is 17.7 Å². The fourth-order valence-electron chi connectivity index (χ4n) is 2.70. The van der Waals surface area contributed by atoms with E-state index in [4.69, 9.17) is 0 Å². The molecule has 27 heavy (non-hydrogen) atoms. The van der Waals surface area contributed by atoms with Crippen molar-refractivity contribution in [1.29, 1.82) is 0 Å². The van der Waals surface area contributed by atoms with Gasteiger partial charge in [-0.3, -0.25) is 0 Å². The molecule has 0 aliphatic heterocycles. The number of hydrogen-bond donors (Lipinski definition) is 3. The summed E-state index contributed by atoms with van der Waals surface area (Å²) in [5.41, 5.74) is 3.88. The third kappa shape index (κ3) is 4.81. The molecule has 1 aromatic heterocycles. The summed E-state index contributed by atoms with van der Waals surface area (Å²) < 4.78 is 26.2.